The molecule has 0 bridgehead atoms. The van der Waals surface area contributed by atoms with Crippen LogP contribution >= 0.6 is 0 Å². The third kappa shape index (κ3) is 3.90. The molecule has 1 unspecified atom stereocenters. The summed E-state index contributed by atoms with van der Waals surface area (Å²) in [5.74, 6) is -0.0693. The van der Waals surface area contributed by atoms with Crippen LogP contribution in [0.2, 0.25) is 0 Å². The van der Waals surface area contributed by atoms with Crippen LogP contribution in [0, 0.1) is 0 Å². The van der Waals surface area contributed by atoms with Crippen molar-refractivity contribution in [3.8, 4) is 0 Å². The number of fused-ring (bicyclic) bond motifs is 1. The standard InChI is InChI=1S/C19H24N4O4/c24-18(17-12-16-15(21-17)5-3-6-20-16)23-7-2-1-4-14(23)13-27-19(25)22-8-10-26-11-9-22/h3,5-6,12,14,21H,1-2,4,7-11,13H2. The lowest BCUT2D eigenvalue weighted by molar-refractivity contribution is 0.0129. The highest BCUT2D eigenvalue weighted by Crippen LogP contribution is 2.22. The first-order valence-corrected chi connectivity index (χ1v) is 9.46. The molecule has 0 saturated carbocycles. The van der Waals surface area contributed by atoms with Crippen LogP contribution in [0.3, 0.4) is 0 Å². The van der Waals surface area contributed by atoms with Crippen molar-refractivity contribution in [2.75, 3.05) is 39.5 Å². The van der Waals surface area contributed by atoms with Crippen LogP contribution < -0.4 is 0 Å². The van der Waals surface area contributed by atoms with Crippen molar-refractivity contribution >= 4 is 23.0 Å². The number of piperidine rings is 1. The fourth-order valence-electron chi connectivity index (χ4n) is 3.67. The minimum Gasteiger partial charge on any atom is -0.447 e. The van der Waals surface area contributed by atoms with Gasteiger partial charge >= 0.3 is 6.09 Å². The molecule has 4 heterocycles. The zero-order valence-corrected chi connectivity index (χ0v) is 15.2. The first-order chi connectivity index (χ1) is 13.2. The van der Waals surface area contributed by atoms with Gasteiger partial charge in [-0.2, -0.15) is 0 Å². The van der Waals surface area contributed by atoms with Gasteiger partial charge in [-0.1, -0.05) is 0 Å². The monoisotopic (exact) mass is 372 g/mol. The van der Waals surface area contributed by atoms with Crippen molar-refractivity contribution in [3.05, 3.63) is 30.1 Å². The van der Waals surface area contributed by atoms with Gasteiger partial charge < -0.3 is 24.3 Å². The minimum absolute atomic E-state index is 0.0693. The number of aromatic amines is 1. The highest BCUT2D eigenvalue weighted by Gasteiger charge is 2.30. The molecule has 2 aliphatic heterocycles. The van der Waals surface area contributed by atoms with E-state index in [2.05, 4.69) is 9.97 Å². The smallest absolute Gasteiger partial charge is 0.409 e. The van der Waals surface area contributed by atoms with Crippen molar-refractivity contribution < 1.29 is 19.1 Å². The number of nitrogens with zero attached hydrogens (tertiary/aromatic N) is 3. The second kappa shape index (κ2) is 7.96. The maximum absolute atomic E-state index is 13.0. The van der Waals surface area contributed by atoms with Gasteiger partial charge in [-0.15, -0.1) is 0 Å². The number of aromatic nitrogens is 2. The SMILES string of the molecule is O=C(OCC1CCCCN1C(=O)c1cc2ncccc2[nH]1)N1CCOCC1. The number of carbonyl (C=O) groups excluding carboxylic acids is 2. The van der Waals surface area contributed by atoms with E-state index in [1.807, 2.05) is 17.0 Å². The van der Waals surface area contributed by atoms with Crippen LogP contribution in [-0.4, -0.2) is 77.3 Å². The highest BCUT2D eigenvalue weighted by atomic mass is 16.6. The third-order valence-electron chi connectivity index (χ3n) is 5.18. The predicted molar refractivity (Wildman–Crippen MR) is 98.5 cm³/mol. The molecular weight excluding hydrogens is 348 g/mol. The molecule has 2 fully saturated rings. The summed E-state index contributed by atoms with van der Waals surface area (Å²) in [5.41, 5.74) is 2.14. The molecule has 1 atom stereocenters. The van der Waals surface area contributed by atoms with E-state index in [9.17, 15) is 9.59 Å². The molecule has 27 heavy (non-hydrogen) atoms. The van der Waals surface area contributed by atoms with Gasteiger partial charge in [0.1, 0.15) is 12.3 Å². The molecule has 2 aliphatic rings. The van der Waals surface area contributed by atoms with Gasteiger partial charge in [-0.25, -0.2) is 4.79 Å². The number of ether oxygens (including phenoxy) is 2. The van der Waals surface area contributed by atoms with Crippen LogP contribution in [0.15, 0.2) is 24.4 Å². The van der Waals surface area contributed by atoms with E-state index >= 15 is 0 Å². The van der Waals surface area contributed by atoms with E-state index in [-0.39, 0.29) is 24.6 Å². The van der Waals surface area contributed by atoms with Crippen LogP contribution in [-0.2, 0) is 9.47 Å². The third-order valence-corrected chi connectivity index (χ3v) is 5.18. The Morgan fingerprint density at radius 1 is 1.26 bits per heavy atom. The second-order valence-electron chi connectivity index (χ2n) is 6.94. The first-order valence-electron chi connectivity index (χ1n) is 9.46. The van der Waals surface area contributed by atoms with Crippen molar-refractivity contribution in [2.24, 2.45) is 0 Å². The first kappa shape index (κ1) is 17.8. The Bertz CT molecular complexity index is 782. The molecule has 8 nitrogen and oxygen atoms in total. The summed E-state index contributed by atoms with van der Waals surface area (Å²) < 4.78 is 10.8. The molecule has 2 aromatic rings. The number of nitrogens with one attached hydrogen (secondary N) is 1. The van der Waals surface area contributed by atoms with Crippen molar-refractivity contribution in [1.82, 2.24) is 19.8 Å². The van der Waals surface area contributed by atoms with E-state index < -0.39 is 0 Å². The van der Waals surface area contributed by atoms with E-state index in [1.165, 1.54) is 0 Å². The van der Waals surface area contributed by atoms with Crippen molar-refractivity contribution in [1.29, 1.82) is 0 Å². The molecule has 2 amide bonds. The van der Waals surface area contributed by atoms with Crippen LogP contribution in [0.1, 0.15) is 29.8 Å². The molecule has 0 radical (unpaired) electrons. The molecule has 0 spiro atoms. The quantitative estimate of drug-likeness (QED) is 0.891. The number of amides is 2. The maximum atomic E-state index is 13.0. The Balaban J connectivity index is 1.42. The van der Waals surface area contributed by atoms with Gasteiger partial charge in [-0.3, -0.25) is 9.78 Å². The summed E-state index contributed by atoms with van der Waals surface area (Å²) in [6, 6.07) is 5.41. The van der Waals surface area contributed by atoms with Gasteiger partial charge in [0.05, 0.1) is 30.3 Å². The molecular formula is C19H24N4O4. The number of carbonyl (C=O) groups is 2. The average Bonchev–Trinajstić information content (AvgIpc) is 3.16. The number of rotatable bonds is 3. The minimum atomic E-state index is -0.328. The lowest BCUT2D eigenvalue weighted by atomic mass is 10.0. The van der Waals surface area contributed by atoms with Gasteiger partial charge in [-0.05, 0) is 37.5 Å². The zero-order chi connectivity index (χ0) is 18.6. The van der Waals surface area contributed by atoms with Crippen LogP contribution in [0.25, 0.3) is 11.0 Å². The van der Waals surface area contributed by atoms with Crippen LogP contribution in [0.4, 0.5) is 4.79 Å². The zero-order valence-electron chi connectivity index (χ0n) is 15.2. The summed E-state index contributed by atoms with van der Waals surface area (Å²) in [6.45, 7) is 3.07. The largest absolute Gasteiger partial charge is 0.447 e. The predicted octanol–water partition coefficient (Wildman–Crippen LogP) is 2.03. The number of hydrogen-bond acceptors (Lipinski definition) is 5. The topological polar surface area (TPSA) is 87.8 Å². The molecule has 1 N–H and O–H groups in total. The average molecular weight is 372 g/mol. The molecule has 8 heteroatoms. The molecule has 2 saturated heterocycles. The fraction of sp³-hybridized carbons (Fsp3) is 0.526. The van der Waals surface area contributed by atoms with Gasteiger partial charge in [0, 0.05) is 25.8 Å². The van der Waals surface area contributed by atoms with Gasteiger partial charge in [0.25, 0.3) is 5.91 Å². The molecule has 0 aromatic carbocycles. The summed E-state index contributed by atoms with van der Waals surface area (Å²) in [5, 5.41) is 0. The van der Waals surface area contributed by atoms with Crippen molar-refractivity contribution in [2.45, 2.75) is 25.3 Å². The Hall–Kier alpha value is -2.61. The summed E-state index contributed by atoms with van der Waals surface area (Å²) in [7, 11) is 0. The Morgan fingerprint density at radius 3 is 2.93 bits per heavy atom. The summed E-state index contributed by atoms with van der Waals surface area (Å²) >= 11 is 0. The number of likely N-dealkylation sites (tertiary alicyclic amines) is 1. The molecule has 2 aromatic heterocycles. The molecule has 0 aliphatic carbocycles. The number of morpholine rings is 1. The molecule has 144 valence electrons. The normalized spacial score (nSPS) is 20.7. The van der Waals surface area contributed by atoms with Gasteiger partial charge in [0.2, 0.25) is 0 Å². The maximum Gasteiger partial charge on any atom is 0.409 e. The second-order valence-corrected chi connectivity index (χ2v) is 6.94. The van der Waals surface area contributed by atoms with Gasteiger partial charge in [0.15, 0.2) is 0 Å². The lowest BCUT2D eigenvalue weighted by Crippen LogP contribution is -2.48. The Kier molecular flexibility index (Phi) is 5.24. The Labute approximate surface area is 157 Å². The highest BCUT2D eigenvalue weighted by molar-refractivity contribution is 5.97. The van der Waals surface area contributed by atoms with E-state index in [1.54, 1.807) is 17.2 Å². The summed E-state index contributed by atoms with van der Waals surface area (Å²) in [6.07, 6.45) is 4.20. The fourth-order valence-corrected chi connectivity index (χ4v) is 3.67. The summed E-state index contributed by atoms with van der Waals surface area (Å²) in [4.78, 5) is 36.2. The number of H-pyrrole nitrogens is 1. The van der Waals surface area contributed by atoms with E-state index in [0.717, 1.165) is 30.3 Å². The van der Waals surface area contributed by atoms with E-state index in [4.69, 9.17) is 9.47 Å². The number of hydrogen-bond donors (Lipinski definition) is 1. The Morgan fingerprint density at radius 2 is 2.11 bits per heavy atom. The van der Waals surface area contributed by atoms with Crippen LogP contribution in [0.5, 0.6) is 0 Å². The lowest BCUT2D eigenvalue weighted by Gasteiger charge is -2.35. The number of pyridine rings is 1. The van der Waals surface area contributed by atoms with Crippen molar-refractivity contribution in [3.63, 3.8) is 0 Å². The molecule has 4 rings (SSSR count). The van der Waals surface area contributed by atoms with E-state index in [0.29, 0.717) is 38.5 Å².